The van der Waals surface area contributed by atoms with Crippen LogP contribution in [0.15, 0.2) is 133 Å². The van der Waals surface area contributed by atoms with Crippen LogP contribution in [0.5, 0.6) is 0 Å². The summed E-state index contributed by atoms with van der Waals surface area (Å²) in [7, 11) is 0. The molecule has 1 aliphatic carbocycles. The molecule has 0 nitrogen and oxygen atoms in total. The maximum Gasteiger partial charge on any atom is 0.243 e. The lowest BCUT2D eigenvalue weighted by molar-refractivity contribution is 0.987. The standard InChI is InChI=1S/C44H33B/c1-28-17-19-30-9-3-5-15-38(30)43(28)45(44-29(2)18-20-31-10-4-6-16-39(31)44)36-14-8-13-35(27-36)37-25-23-34-22-21-32-11-7-12-33-24-26-40(37)42(34)41(32)33/h3,5-9,11-27H,4,10H2,1-2H3. The van der Waals surface area contributed by atoms with Gasteiger partial charge in [0, 0.05) is 0 Å². The summed E-state index contributed by atoms with van der Waals surface area (Å²) in [5.74, 6) is 0. The van der Waals surface area contributed by atoms with Crippen LogP contribution < -0.4 is 16.4 Å². The molecule has 0 spiro atoms. The predicted octanol–water partition coefficient (Wildman–Crippen LogP) is 9.50. The zero-order valence-electron chi connectivity index (χ0n) is 25.8. The lowest BCUT2D eigenvalue weighted by Gasteiger charge is -2.26. The van der Waals surface area contributed by atoms with E-state index in [1.165, 1.54) is 92.9 Å². The van der Waals surface area contributed by atoms with Gasteiger partial charge in [-0.3, -0.25) is 0 Å². The van der Waals surface area contributed by atoms with Crippen LogP contribution in [-0.2, 0) is 6.42 Å². The molecule has 0 N–H and O–H groups in total. The molecule has 0 unspecified atom stereocenters. The Hall–Kier alpha value is -5.14. The summed E-state index contributed by atoms with van der Waals surface area (Å²) in [6, 6.07) is 48.1. The van der Waals surface area contributed by atoms with Crippen LogP contribution >= 0.6 is 0 Å². The van der Waals surface area contributed by atoms with E-state index < -0.39 is 0 Å². The highest BCUT2D eigenvalue weighted by Crippen LogP contribution is 2.39. The van der Waals surface area contributed by atoms with Crippen molar-refractivity contribution in [2.45, 2.75) is 26.7 Å². The number of hydrogen-bond acceptors (Lipinski definition) is 0. The minimum atomic E-state index is 0.105. The van der Waals surface area contributed by atoms with Crippen molar-refractivity contribution in [1.82, 2.24) is 0 Å². The molecule has 0 radical (unpaired) electrons. The lowest BCUT2D eigenvalue weighted by atomic mass is 9.34. The molecule has 0 amide bonds. The van der Waals surface area contributed by atoms with Crippen LogP contribution in [0.1, 0.15) is 28.7 Å². The van der Waals surface area contributed by atoms with Crippen LogP contribution in [0.25, 0.3) is 60.3 Å². The third kappa shape index (κ3) is 4.07. The molecule has 8 aromatic rings. The molecular weight excluding hydrogens is 539 g/mol. The van der Waals surface area contributed by atoms with Gasteiger partial charge < -0.3 is 0 Å². The van der Waals surface area contributed by atoms with Gasteiger partial charge in [-0.1, -0.05) is 167 Å². The molecule has 1 heteroatoms. The van der Waals surface area contributed by atoms with Crippen molar-refractivity contribution < 1.29 is 0 Å². The van der Waals surface area contributed by atoms with Crippen LogP contribution in [0.3, 0.4) is 0 Å². The fourth-order valence-corrected chi connectivity index (χ4v) is 8.17. The third-order valence-electron chi connectivity index (χ3n) is 10.3. The van der Waals surface area contributed by atoms with E-state index in [9.17, 15) is 0 Å². The monoisotopic (exact) mass is 572 g/mol. The molecule has 0 saturated carbocycles. The highest BCUT2D eigenvalue weighted by Gasteiger charge is 2.30. The summed E-state index contributed by atoms with van der Waals surface area (Å²) in [6.07, 6.45) is 6.96. The zero-order valence-corrected chi connectivity index (χ0v) is 25.8. The second-order valence-corrected chi connectivity index (χ2v) is 12.9. The Morgan fingerprint density at radius 1 is 0.533 bits per heavy atom. The van der Waals surface area contributed by atoms with Gasteiger partial charge >= 0.3 is 0 Å². The maximum absolute atomic E-state index is 2.48. The Morgan fingerprint density at radius 2 is 1.22 bits per heavy atom. The smallest absolute Gasteiger partial charge is 0.0836 e. The second-order valence-electron chi connectivity index (χ2n) is 12.9. The van der Waals surface area contributed by atoms with Crippen LogP contribution in [0.2, 0.25) is 0 Å². The fourth-order valence-electron chi connectivity index (χ4n) is 8.17. The van der Waals surface area contributed by atoms with Gasteiger partial charge in [0.05, 0.1) is 0 Å². The minimum absolute atomic E-state index is 0.105. The lowest BCUT2D eigenvalue weighted by Crippen LogP contribution is -2.55. The number of benzene rings is 8. The van der Waals surface area contributed by atoms with Gasteiger partial charge in [-0.05, 0) is 92.0 Å². The number of allylic oxidation sites excluding steroid dienone is 1. The Kier molecular flexibility index (Phi) is 5.97. The van der Waals surface area contributed by atoms with Gasteiger partial charge in [0.2, 0.25) is 6.71 Å². The zero-order chi connectivity index (χ0) is 30.1. The average Bonchev–Trinajstić information content (AvgIpc) is 3.09. The highest BCUT2D eigenvalue weighted by atomic mass is 14.2. The van der Waals surface area contributed by atoms with E-state index in [0.29, 0.717) is 0 Å². The Labute approximate surface area is 265 Å². The Bertz CT molecular complexity index is 2450. The van der Waals surface area contributed by atoms with E-state index in [1.807, 2.05) is 0 Å². The molecular formula is C44H33B. The molecule has 0 fully saturated rings. The van der Waals surface area contributed by atoms with E-state index in [-0.39, 0.29) is 6.71 Å². The topological polar surface area (TPSA) is 0 Å². The van der Waals surface area contributed by atoms with Gasteiger partial charge in [-0.2, -0.15) is 0 Å². The minimum Gasteiger partial charge on any atom is -0.0836 e. The van der Waals surface area contributed by atoms with E-state index in [2.05, 4.69) is 153 Å². The Balaban J connectivity index is 1.33. The van der Waals surface area contributed by atoms with Crippen molar-refractivity contribution in [3.63, 3.8) is 0 Å². The van der Waals surface area contributed by atoms with E-state index in [4.69, 9.17) is 0 Å². The quantitative estimate of drug-likeness (QED) is 0.146. The van der Waals surface area contributed by atoms with Gasteiger partial charge in [-0.15, -0.1) is 0 Å². The summed E-state index contributed by atoms with van der Waals surface area (Å²) in [5, 5.41) is 10.6. The fraction of sp³-hybridized carbons (Fsp3) is 0.0909. The van der Waals surface area contributed by atoms with Crippen LogP contribution in [-0.4, -0.2) is 6.71 Å². The van der Waals surface area contributed by atoms with Crippen molar-refractivity contribution in [3.05, 3.63) is 156 Å². The molecule has 8 aromatic carbocycles. The molecule has 9 rings (SSSR count). The largest absolute Gasteiger partial charge is 0.243 e. The van der Waals surface area contributed by atoms with Crippen molar-refractivity contribution in [3.8, 4) is 11.1 Å². The first kappa shape index (κ1) is 26.3. The Morgan fingerprint density at radius 3 is 2.11 bits per heavy atom. The molecule has 45 heavy (non-hydrogen) atoms. The van der Waals surface area contributed by atoms with Crippen LogP contribution in [0.4, 0.5) is 0 Å². The maximum atomic E-state index is 2.48. The number of aryl methyl sites for hydroxylation is 3. The van der Waals surface area contributed by atoms with Crippen molar-refractivity contribution in [1.29, 1.82) is 0 Å². The summed E-state index contributed by atoms with van der Waals surface area (Å²) in [6.45, 7) is 4.70. The van der Waals surface area contributed by atoms with E-state index in [1.54, 1.807) is 0 Å². The number of hydrogen-bond donors (Lipinski definition) is 0. The van der Waals surface area contributed by atoms with E-state index >= 15 is 0 Å². The highest BCUT2D eigenvalue weighted by molar-refractivity contribution is 6.97. The molecule has 0 heterocycles. The van der Waals surface area contributed by atoms with Gasteiger partial charge in [0.15, 0.2) is 0 Å². The first-order valence-electron chi connectivity index (χ1n) is 16.2. The molecule has 0 atom stereocenters. The molecule has 0 aliphatic heterocycles. The molecule has 1 aliphatic rings. The van der Waals surface area contributed by atoms with Gasteiger partial charge in [0.1, 0.15) is 0 Å². The van der Waals surface area contributed by atoms with Crippen molar-refractivity contribution in [2.24, 2.45) is 0 Å². The average molecular weight is 573 g/mol. The molecule has 0 aromatic heterocycles. The first-order chi connectivity index (χ1) is 22.2. The molecule has 212 valence electrons. The van der Waals surface area contributed by atoms with Gasteiger partial charge in [0.25, 0.3) is 0 Å². The molecule has 0 saturated heterocycles. The van der Waals surface area contributed by atoms with Crippen LogP contribution in [0, 0.1) is 13.8 Å². The number of rotatable bonds is 4. The normalized spacial score (nSPS) is 12.8. The summed E-state index contributed by atoms with van der Waals surface area (Å²) < 4.78 is 0. The van der Waals surface area contributed by atoms with E-state index in [0.717, 1.165) is 12.8 Å². The molecule has 0 bridgehead atoms. The summed E-state index contributed by atoms with van der Waals surface area (Å²) >= 11 is 0. The van der Waals surface area contributed by atoms with Gasteiger partial charge in [-0.25, -0.2) is 0 Å². The second kappa shape index (κ2) is 10.2. The van der Waals surface area contributed by atoms with Crippen molar-refractivity contribution in [2.75, 3.05) is 0 Å². The summed E-state index contributed by atoms with van der Waals surface area (Å²) in [5.41, 5.74) is 12.3. The SMILES string of the molecule is Cc1ccc2c(c1B(c1cccc(-c3ccc4ccc5cccc6ccc3c4c56)c1)c1c(C)ccc3ccccc13)C=CCC2. The summed E-state index contributed by atoms with van der Waals surface area (Å²) in [4.78, 5) is 0. The third-order valence-corrected chi connectivity index (χ3v) is 10.3. The van der Waals surface area contributed by atoms with Crippen molar-refractivity contribution >= 4 is 72.3 Å². The first-order valence-corrected chi connectivity index (χ1v) is 16.2. The predicted molar refractivity (Wildman–Crippen MR) is 197 cm³/mol. The number of fused-ring (bicyclic) bond motifs is 2.